The summed E-state index contributed by atoms with van der Waals surface area (Å²) in [5.41, 5.74) is 3.14. The molecule has 0 spiro atoms. The van der Waals surface area contributed by atoms with E-state index in [9.17, 15) is 9.59 Å². The molecule has 0 saturated heterocycles. The van der Waals surface area contributed by atoms with E-state index in [2.05, 4.69) is 10.6 Å². The van der Waals surface area contributed by atoms with E-state index in [1.165, 1.54) is 0 Å². The molecule has 0 bridgehead atoms. The summed E-state index contributed by atoms with van der Waals surface area (Å²) in [5, 5.41) is 5.87. The Bertz CT molecular complexity index is 785. The van der Waals surface area contributed by atoms with Crippen LogP contribution in [0.25, 0.3) is 0 Å². The average Bonchev–Trinajstić information content (AvgIpc) is 2.55. The Morgan fingerprint density at radius 2 is 1.69 bits per heavy atom. The van der Waals surface area contributed by atoms with Crippen molar-refractivity contribution in [3.05, 3.63) is 52.5 Å². The van der Waals surface area contributed by atoms with E-state index in [1.807, 2.05) is 39.0 Å². The maximum absolute atomic E-state index is 12.2. The number of hydrogen-bond acceptors (Lipinski definition) is 3. The first-order chi connectivity index (χ1) is 12.4. The molecule has 0 saturated carbocycles. The number of amides is 2. The van der Waals surface area contributed by atoms with Crippen molar-refractivity contribution in [3.8, 4) is 5.75 Å². The standard InChI is InChI=1S/C20H23ClN2O3/c1-4-5-19(24)22-15-6-7-17(21)18(11-15)23-20(25)12-26-16-9-13(2)8-14(3)10-16/h6-11H,4-5,12H2,1-3H3,(H,22,24)(H,23,25). The lowest BCUT2D eigenvalue weighted by molar-refractivity contribution is -0.118. The number of carbonyl (C=O) groups is 2. The molecular formula is C20H23ClN2O3. The summed E-state index contributed by atoms with van der Waals surface area (Å²) in [7, 11) is 0. The van der Waals surface area contributed by atoms with E-state index in [4.69, 9.17) is 16.3 Å². The molecule has 0 atom stereocenters. The van der Waals surface area contributed by atoms with Crippen LogP contribution in [0.15, 0.2) is 36.4 Å². The van der Waals surface area contributed by atoms with Gasteiger partial charge in [0.25, 0.3) is 5.91 Å². The molecule has 0 aliphatic rings. The van der Waals surface area contributed by atoms with Gasteiger partial charge < -0.3 is 15.4 Å². The minimum Gasteiger partial charge on any atom is -0.484 e. The van der Waals surface area contributed by atoms with Crippen LogP contribution in [0.4, 0.5) is 11.4 Å². The first kappa shape index (κ1) is 19.8. The fourth-order valence-corrected chi connectivity index (χ4v) is 2.67. The zero-order valence-electron chi connectivity index (χ0n) is 15.2. The van der Waals surface area contributed by atoms with Crippen LogP contribution in [0.1, 0.15) is 30.9 Å². The molecule has 0 aliphatic carbocycles. The Kier molecular flexibility index (Phi) is 7.04. The molecule has 2 amide bonds. The first-order valence-corrected chi connectivity index (χ1v) is 8.85. The lowest BCUT2D eigenvalue weighted by atomic mass is 10.1. The summed E-state index contributed by atoms with van der Waals surface area (Å²) in [5.74, 6) is 0.234. The van der Waals surface area contributed by atoms with Gasteiger partial charge >= 0.3 is 0 Å². The van der Waals surface area contributed by atoms with E-state index in [-0.39, 0.29) is 18.4 Å². The molecule has 2 N–H and O–H groups in total. The summed E-state index contributed by atoms with van der Waals surface area (Å²) >= 11 is 6.13. The van der Waals surface area contributed by atoms with Gasteiger partial charge in [-0.1, -0.05) is 24.6 Å². The zero-order chi connectivity index (χ0) is 19.1. The molecule has 0 radical (unpaired) electrons. The van der Waals surface area contributed by atoms with Crippen molar-refractivity contribution in [1.29, 1.82) is 0 Å². The van der Waals surface area contributed by atoms with E-state index >= 15 is 0 Å². The predicted octanol–water partition coefficient (Wildman–Crippen LogP) is 4.71. The summed E-state index contributed by atoms with van der Waals surface area (Å²) in [6.45, 7) is 5.74. The minimum absolute atomic E-state index is 0.0785. The number of carbonyl (C=O) groups excluding carboxylic acids is 2. The SMILES string of the molecule is CCCC(=O)Nc1ccc(Cl)c(NC(=O)COc2cc(C)cc(C)c2)c1. The second-order valence-corrected chi connectivity index (χ2v) is 6.56. The summed E-state index contributed by atoms with van der Waals surface area (Å²) in [6, 6.07) is 10.7. The van der Waals surface area contributed by atoms with Crippen LogP contribution in [0.2, 0.25) is 5.02 Å². The highest BCUT2D eigenvalue weighted by molar-refractivity contribution is 6.33. The third kappa shape index (κ3) is 6.08. The lowest BCUT2D eigenvalue weighted by Gasteiger charge is -2.12. The van der Waals surface area contributed by atoms with Gasteiger partial charge in [-0.2, -0.15) is 0 Å². The number of anilines is 2. The van der Waals surface area contributed by atoms with Crippen LogP contribution in [-0.4, -0.2) is 18.4 Å². The van der Waals surface area contributed by atoms with Crippen LogP contribution >= 0.6 is 11.6 Å². The van der Waals surface area contributed by atoms with Crippen molar-refractivity contribution in [2.45, 2.75) is 33.6 Å². The number of rotatable bonds is 7. The van der Waals surface area contributed by atoms with Gasteiger partial charge in [0.1, 0.15) is 5.75 Å². The molecule has 138 valence electrons. The Morgan fingerprint density at radius 3 is 2.35 bits per heavy atom. The molecule has 2 aromatic rings. The van der Waals surface area contributed by atoms with Crippen LogP contribution < -0.4 is 15.4 Å². The van der Waals surface area contributed by atoms with Crippen molar-refractivity contribution >= 4 is 34.8 Å². The van der Waals surface area contributed by atoms with Gasteiger partial charge in [0.15, 0.2) is 6.61 Å². The summed E-state index contributed by atoms with van der Waals surface area (Å²) in [4.78, 5) is 23.9. The molecule has 0 heterocycles. The highest BCUT2D eigenvalue weighted by Gasteiger charge is 2.09. The number of hydrogen-bond donors (Lipinski definition) is 2. The topological polar surface area (TPSA) is 67.4 Å². The van der Waals surface area contributed by atoms with Gasteiger partial charge in [0.05, 0.1) is 10.7 Å². The van der Waals surface area contributed by atoms with Gasteiger partial charge in [0, 0.05) is 12.1 Å². The Labute approximate surface area is 158 Å². The predicted molar refractivity (Wildman–Crippen MR) is 105 cm³/mol. The van der Waals surface area contributed by atoms with Crippen LogP contribution in [0.3, 0.4) is 0 Å². The Hall–Kier alpha value is -2.53. The minimum atomic E-state index is -0.330. The molecule has 5 nitrogen and oxygen atoms in total. The number of halogens is 1. The Morgan fingerprint density at radius 1 is 1.00 bits per heavy atom. The molecule has 2 aromatic carbocycles. The van der Waals surface area contributed by atoms with Crippen molar-refractivity contribution in [1.82, 2.24) is 0 Å². The van der Waals surface area contributed by atoms with Crippen molar-refractivity contribution in [2.75, 3.05) is 17.2 Å². The van der Waals surface area contributed by atoms with E-state index < -0.39 is 0 Å². The van der Waals surface area contributed by atoms with Gasteiger partial charge in [-0.05, 0) is 61.7 Å². The summed E-state index contributed by atoms with van der Waals surface area (Å²) < 4.78 is 5.54. The number of nitrogens with one attached hydrogen (secondary N) is 2. The second-order valence-electron chi connectivity index (χ2n) is 6.15. The zero-order valence-corrected chi connectivity index (χ0v) is 15.9. The van der Waals surface area contributed by atoms with E-state index in [0.717, 1.165) is 17.5 Å². The smallest absolute Gasteiger partial charge is 0.262 e. The monoisotopic (exact) mass is 374 g/mol. The third-order valence-corrected chi connectivity index (χ3v) is 3.90. The molecule has 0 fully saturated rings. The average molecular weight is 375 g/mol. The van der Waals surface area contributed by atoms with Crippen molar-refractivity contribution < 1.29 is 14.3 Å². The van der Waals surface area contributed by atoms with Gasteiger partial charge in [-0.3, -0.25) is 9.59 Å². The number of ether oxygens (including phenoxy) is 1. The van der Waals surface area contributed by atoms with Gasteiger partial charge in [-0.15, -0.1) is 0 Å². The fourth-order valence-electron chi connectivity index (χ4n) is 2.50. The highest BCUT2D eigenvalue weighted by Crippen LogP contribution is 2.26. The van der Waals surface area contributed by atoms with Crippen LogP contribution in [0.5, 0.6) is 5.75 Å². The third-order valence-electron chi connectivity index (χ3n) is 3.57. The van der Waals surface area contributed by atoms with Crippen molar-refractivity contribution in [2.24, 2.45) is 0 Å². The lowest BCUT2D eigenvalue weighted by Crippen LogP contribution is -2.20. The number of aryl methyl sites for hydroxylation is 2. The molecule has 2 rings (SSSR count). The normalized spacial score (nSPS) is 10.3. The second kappa shape index (κ2) is 9.25. The molecule has 0 unspecified atom stereocenters. The molecule has 26 heavy (non-hydrogen) atoms. The van der Waals surface area contributed by atoms with E-state index in [0.29, 0.717) is 28.6 Å². The molecule has 0 aromatic heterocycles. The maximum Gasteiger partial charge on any atom is 0.262 e. The van der Waals surface area contributed by atoms with Crippen LogP contribution in [0, 0.1) is 13.8 Å². The highest BCUT2D eigenvalue weighted by atomic mass is 35.5. The molecular weight excluding hydrogens is 352 g/mol. The first-order valence-electron chi connectivity index (χ1n) is 8.47. The quantitative estimate of drug-likeness (QED) is 0.737. The fraction of sp³-hybridized carbons (Fsp3) is 0.300. The number of benzene rings is 2. The molecule has 6 heteroatoms. The van der Waals surface area contributed by atoms with Crippen LogP contribution in [-0.2, 0) is 9.59 Å². The Balaban J connectivity index is 1.98. The summed E-state index contributed by atoms with van der Waals surface area (Å²) in [6.07, 6.45) is 1.20. The van der Waals surface area contributed by atoms with Crippen molar-refractivity contribution in [3.63, 3.8) is 0 Å². The largest absolute Gasteiger partial charge is 0.484 e. The van der Waals surface area contributed by atoms with Gasteiger partial charge in [0.2, 0.25) is 5.91 Å². The van der Waals surface area contributed by atoms with E-state index in [1.54, 1.807) is 18.2 Å². The maximum atomic E-state index is 12.2. The van der Waals surface area contributed by atoms with Gasteiger partial charge in [-0.25, -0.2) is 0 Å². The molecule has 0 aliphatic heterocycles.